The Morgan fingerprint density at radius 2 is 0.455 bits per heavy atom. The number of esters is 4. The van der Waals surface area contributed by atoms with E-state index in [0.717, 1.165) is 95.8 Å². The van der Waals surface area contributed by atoms with Gasteiger partial charge in [0.1, 0.15) is 19.3 Å². The van der Waals surface area contributed by atoms with E-state index in [-0.39, 0.29) is 25.7 Å². The smallest absolute Gasteiger partial charge is 0.462 e. The standard InChI is InChI=1S/C82H160O17P2/c1-6-9-12-15-18-21-24-27-30-32-34-36-39-42-47-53-58-63-68-82(87)98-77(71-92-79(84)65-60-55-50-45-40-38-35-33-31-28-25-22-19-16-13-10-7-2)73-96-100(88,89)94-69-76(83)70-95-101(90,91)97-74-78(72-93-80(85)66-61-56-51-48-43-44-49-54-59-64-75(4)5)99-81(86)67-62-57-52-46-41-37-29-26-23-20-17-14-11-8-3/h75-78,83H,6-74H2,1-5H3,(H,88,89)(H,90,91)/t76-,77-,78-/m1/s1. The SMILES string of the molecule is CCCCCCCCCCCCCCCCCCCCC(=O)O[C@H](COC(=O)CCCCCCCCCCCCCCCCCCC)COP(=O)(O)OC[C@@H](O)COP(=O)(O)OC[C@@H](COC(=O)CCCCCCCCCCCC(C)C)OC(=O)CCCCCCCCCCCCCCCC. The number of carbonyl (C=O) groups is 4. The highest BCUT2D eigenvalue weighted by molar-refractivity contribution is 7.47. The average molecular weight is 1480 g/mol. The van der Waals surface area contributed by atoms with Crippen LogP contribution in [0.4, 0.5) is 0 Å². The maximum atomic E-state index is 13.1. The zero-order valence-corrected chi connectivity index (χ0v) is 67.8. The molecule has 600 valence electrons. The number of unbranched alkanes of at least 4 members (excludes halogenated alkanes) is 54. The molecular weight excluding hydrogens is 1320 g/mol. The van der Waals surface area contributed by atoms with Gasteiger partial charge in [0.25, 0.3) is 0 Å². The molecule has 0 aromatic heterocycles. The van der Waals surface area contributed by atoms with E-state index in [9.17, 15) is 43.2 Å². The van der Waals surface area contributed by atoms with Crippen LogP contribution in [0.3, 0.4) is 0 Å². The highest BCUT2D eigenvalue weighted by Crippen LogP contribution is 2.45. The molecule has 2 unspecified atom stereocenters. The van der Waals surface area contributed by atoms with Gasteiger partial charge >= 0.3 is 39.5 Å². The molecule has 0 aromatic rings. The Hall–Kier alpha value is -1.94. The molecule has 0 radical (unpaired) electrons. The van der Waals surface area contributed by atoms with Crippen molar-refractivity contribution in [3.8, 4) is 0 Å². The molecule has 0 saturated heterocycles. The van der Waals surface area contributed by atoms with Crippen molar-refractivity contribution in [2.24, 2.45) is 5.92 Å². The van der Waals surface area contributed by atoms with E-state index in [2.05, 4.69) is 34.6 Å². The van der Waals surface area contributed by atoms with Gasteiger partial charge < -0.3 is 33.8 Å². The summed E-state index contributed by atoms with van der Waals surface area (Å²) >= 11 is 0. The van der Waals surface area contributed by atoms with Crippen molar-refractivity contribution < 1.29 is 80.2 Å². The lowest BCUT2D eigenvalue weighted by atomic mass is 10.0. The fourth-order valence-electron chi connectivity index (χ4n) is 12.8. The van der Waals surface area contributed by atoms with Gasteiger partial charge in [-0.2, -0.15) is 0 Å². The number of rotatable bonds is 82. The average Bonchev–Trinajstić information content (AvgIpc) is 0.917. The Morgan fingerprint density at radius 1 is 0.267 bits per heavy atom. The molecule has 0 aromatic carbocycles. The molecule has 0 aliphatic heterocycles. The van der Waals surface area contributed by atoms with Gasteiger partial charge in [-0.3, -0.25) is 37.3 Å². The summed E-state index contributed by atoms with van der Waals surface area (Å²) in [7, 11) is -9.92. The first-order valence-electron chi connectivity index (χ1n) is 42.6. The van der Waals surface area contributed by atoms with Gasteiger partial charge in [0.05, 0.1) is 26.4 Å². The topological polar surface area (TPSA) is 237 Å². The van der Waals surface area contributed by atoms with Crippen LogP contribution in [0.15, 0.2) is 0 Å². The van der Waals surface area contributed by atoms with Crippen molar-refractivity contribution >= 4 is 39.5 Å². The normalized spacial score (nSPS) is 13.8. The molecule has 17 nitrogen and oxygen atoms in total. The minimum absolute atomic E-state index is 0.108. The van der Waals surface area contributed by atoms with Gasteiger partial charge in [0.2, 0.25) is 0 Å². The lowest BCUT2D eigenvalue weighted by Crippen LogP contribution is -2.30. The van der Waals surface area contributed by atoms with E-state index < -0.39 is 97.5 Å². The highest BCUT2D eigenvalue weighted by atomic mass is 31.2. The molecule has 0 aliphatic rings. The Kier molecular flexibility index (Phi) is 73.5. The summed E-state index contributed by atoms with van der Waals surface area (Å²) in [6.45, 7) is 7.33. The van der Waals surface area contributed by atoms with Crippen LogP contribution in [-0.2, 0) is 65.4 Å². The van der Waals surface area contributed by atoms with E-state index in [1.54, 1.807) is 0 Å². The predicted octanol–water partition coefficient (Wildman–Crippen LogP) is 24.8. The summed E-state index contributed by atoms with van der Waals surface area (Å²) in [5, 5.41) is 10.7. The Balaban J connectivity index is 5.25. The molecule has 0 heterocycles. The van der Waals surface area contributed by atoms with Crippen LogP contribution in [0.2, 0.25) is 0 Å². The van der Waals surface area contributed by atoms with Gasteiger partial charge in [0, 0.05) is 25.7 Å². The summed E-state index contributed by atoms with van der Waals surface area (Å²) in [5.41, 5.74) is 0. The molecule has 0 fully saturated rings. The number of phosphoric ester groups is 2. The second-order valence-corrected chi connectivity index (χ2v) is 32.9. The third-order valence-electron chi connectivity index (χ3n) is 19.3. The Labute approximate surface area is 619 Å². The van der Waals surface area contributed by atoms with E-state index >= 15 is 0 Å². The molecule has 0 saturated carbocycles. The second kappa shape index (κ2) is 74.9. The maximum Gasteiger partial charge on any atom is 0.472 e. The molecule has 0 rings (SSSR count). The van der Waals surface area contributed by atoms with E-state index in [4.69, 9.17) is 37.0 Å². The number of hydrogen-bond donors (Lipinski definition) is 3. The fourth-order valence-corrected chi connectivity index (χ4v) is 14.3. The van der Waals surface area contributed by atoms with E-state index in [1.165, 1.54) is 263 Å². The number of hydrogen-bond acceptors (Lipinski definition) is 15. The zero-order valence-electron chi connectivity index (χ0n) is 66.1. The number of ether oxygens (including phenoxy) is 4. The van der Waals surface area contributed by atoms with Crippen molar-refractivity contribution in [1.82, 2.24) is 0 Å². The number of phosphoric acid groups is 2. The summed E-state index contributed by atoms with van der Waals surface area (Å²) in [6, 6.07) is 0. The molecule has 3 N–H and O–H groups in total. The highest BCUT2D eigenvalue weighted by Gasteiger charge is 2.30. The number of aliphatic hydroxyl groups excluding tert-OH is 1. The third-order valence-corrected chi connectivity index (χ3v) is 21.2. The summed E-state index contributed by atoms with van der Waals surface area (Å²) in [4.78, 5) is 73.1. The van der Waals surface area contributed by atoms with Crippen molar-refractivity contribution in [3.05, 3.63) is 0 Å². The molecule has 19 heteroatoms. The molecular formula is C82H160O17P2. The first-order valence-corrected chi connectivity index (χ1v) is 45.6. The fraction of sp³-hybridized carbons (Fsp3) is 0.951. The number of aliphatic hydroxyl groups is 1. The Bertz CT molecular complexity index is 1930. The third kappa shape index (κ3) is 76.1. The first-order chi connectivity index (χ1) is 49.0. The first kappa shape index (κ1) is 99.1. The van der Waals surface area contributed by atoms with Gasteiger partial charge in [-0.25, -0.2) is 9.13 Å². The van der Waals surface area contributed by atoms with Gasteiger partial charge in [-0.1, -0.05) is 388 Å². The minimum Gasteiger partial charge on any atom is -0.462 e. The van der Waals surface area contributed by atoms with Crippen molar-refractivity contribution in [1.29, 1.82) is 0 Å². The maximum absolute atomic E-state index is 13.1. The Morgan fingerprint density at radius 3 is 0.673 bits per heavy atom. The van der Waals surface area contributed by atoms with Crippen LogP contribution in [-0.4, -0.2) is 96.7 Å². The van der Waals surface area contributed by atoms with Crippen LogP contribution in [0.25, 0.3) is 0 Å². The van der Waals surface area contributed by atoms with E-state index in [0.29, 0.717) is 25.7 Å². The second-order valence-electron chi connectivity index (χ2n) is 30.0. The summed E-state index contributed by atoms with van der Waals surface area (Å²) in [6.07, 6.45) is 66.5. The van der Waals surface area contributed by atoms with Crippen LogP contribution in [0, 0.1) is 5.92 Å². The van der Waals surface area contributed by atoms with Crippen molar-refractivity contribution in [2.45, 2.75) is 457 Å². The largest absolute Gasteiger partial charge is 0.472 e. The summed E-state index contributed by atoms with van der Waals surface area (Å²) in [5.74, 6) is -1.36. The quantitative estimate of drug-likeness (QED) is 0.0222. The van der Waals surface area contributed by atoms with Crippen LogP contribution in [0.1, 0.15) is 439 Å². The molecule has 5 atom stereocenters. The zero-order chi connectivity index (χ0) is 74.1. The predicted molar refractivity (Wildman–Crippen MR) is 414 cm³/mol. The van der Waals surface area contributed by atoms with E-state index in [1.807, 2.05) is 0 Å². The molecule has 0 spiro atoms. The molecule has 0 bridgehead atoms. The molecule has 101 heavy (non-hydrogen) atoms. The van der Waals surface area contributed by atoms with Crippen LogP contribution in [0.5, 0.6) is 0 Å². The van der Waals surface area contributed by atoms with Gasteiger partial charge in [-0.05, 0) is 31.6 Å². The van der Waals surface area contributed by atoms with Crippen LogP contribution >= 0.6 is 15.6 Å². The minimum atomic E-state index is -4.96. The van der Waals surface area contributed by atoms with Crippen molar-refractivity contribution in [2.75, 3.05) is 39.6 Å². The molecule has 0 amide bonds. The van der Waals surface area contributed by atoms with Crippen LogP contribution < -0.4 is 0 Å². The lowest BCUT2D eigenvalue weighted by Gasteiger charge is -2.21. The van der Waals surface area contributed by atoms with Crippen molar-refractivity contribution in [3.63, 3.8) is 0 Å². The molecule has 0 aliphatic carbocycles. The lowest BCUT2D eigenvalue weighted by molar-refractivity contribution is -0.161. The number of carbonyl (C=O) groups excluding carboxylic acids is 4. The van der Waals surface area contributed by atoms with Gasteiger partial charge in [0.15, 0.2) is 12.2 Å². The summed E-state index contributed by atoms with van der Waals surface area (Å²) < 4.78 is 68.8. The van der Waals surface area contributed by atoms with Gasteiger partial charge in [-0.15, -0.1) is 0 Å². The monoisotopic (exact) mass is 1480 g/mol.